The van der Waals surface area contributed by atoms with Crippen molar-refractivity contribution < 1.29 is 14.7 Å². The van der Waals surface area contributed by atoms with Gasteiger partial charge in [0.15, 0.2) is 0 Å². The normalized spacial score (nSPS) is 11.4. The number of aromatic nitrogens is 1. The third-order valence-electron chi connectivity index (χ3n) is 5.37. The van der Waals surface area contributed by atoms with Crippen molar-refractivity contribution in [3.05, 3.63) is 101 Å². The van der Waals surface area contributed by atoms with Crippen molar-refractivity contribution in [3.63, 3.8) is 0 Å². The van der Waals surface area contributed by atoms with E-state index in [-0.39, 0.29) is 16.5 Å². The van der Waals surface area contributed by atoms with Crippen LogP contribution in [0.15, 0.2) is 90.0 Å². The van der Waals surface area contributed by atoms with Gasteiger partial charge in [0.1, 0.15) is 11.1 Å². The molecule has 4 aromatic rings. The van der Waals surface area contributed by atoms with E-state index in [1.165, 1.54) is 30.0 Å². The number of benzene rings is 3. The Morgan fingerprint density at radius 2 is 1.64 bits per heavy atom. The van der Waals surface area contributed by atoms with Gasteiger partial charge in [-0.25, -0.2) is 9.78 Å². The van der Waals surface area contributed by atoms with Gasteiger partial charge in [-0.3, -0.25) is 4.79 Å². The number of hydrogen-bond acceptors (Lipinski definition) is 5. The first-order valence-electron chi connectivity index (χ1n) is 10.9. The number of carbonyl (C=O) groups is 2. The number of amides is 1. The topological polar surface area (TPSA) is 103 Å². The Bertz CT molecular complexity index is 1470. The molecule has 0 radical (unpaired) electrons. The van der Waals surface area contributed by atoms with Gasteiger partial charge in [0.25, 0.3) is 0 Å². The van der Waals surface area contributed by atoms with Crippen LogP contribution >= 0.6 is 23.4 Å². The molecule has 0 aliphatic heterocycles. The molecule has 1 heterocycles. The zero-order chi connectivity index (χ0) is 25.7. The van der Waals surface area contributed by atoms with Crippen molar-refractivity contribution in [1.82, 2.24) is 4.98 Å². The molecule has 3 aromatic carbocycles. The predicted molar refractivity (Wildman–Crippen MR) is 142 cm³/mol. The van der Waals surface area contributed by atoms with Gasteiger partial charge in [-0.2, -0.15) is 5.26 Å². The van der Waals surface area contributed by atoms with E-state index >= 15 is 0 Å². The first kappa shape index (κ1) is 25.0. The number of aromatic carboxylic acids is 1. The first-order valence-corrected chi connectivity index (χ1v) is 12.2. The van der Waals surface area contributed by atoms with Gasteiger partial charge in [0, 0.05) is 16.8 Å². The average Bonchev–Trinajstić information content (AvgIpc) is 2.90. The number of nitrogens with zero attached hydrogens (tertiary/aromatic N) is 2. The Kier molecular flexibility index (Phi) is 7.69. The van der Waals surface area contributed by atoms with Gasteiger partial charge >= 0.3 is 5.97 Å². The van der Waals surface area contributed by atoms with Crippen molar-refractivity contribution >= 4 is 40.9 Å². The summed E-state index contributed by atoms with van der Waals surface area (Å²) in [7, 11) is 0. The van der Waals surface area contributed by atoms with Gasteiger partial charge in [0.05, 0.1) is 27.1 Å². The number of rotatable bonds is 7. The quantitative estimate of drug-likeness (QED) is 0.265. The van der Waals surface area contributed by atoms with Crippen molar-refractivity contribution in [1.29, 1.82) is 5.26 Å². The zero-order valence-corrected chi connectivity index (χ0v) is 20.7. The molecule has 0 aliphatic rings. The van der Waals surface area contributed by atoms with Crippen LogP contribution in [0.5, 0.6) is 0 Å². The minimum absolute atomic E-state index is 0.0805. The van der Waals surface area contributed by atoms with Crippen LogP contribution in [0.1, 0.15) is 22.8 Å². The van der Waals surface area contributed by atoms with E-state index in [0.717, 1.165) is 16.7 Å². The number of halogens is 1. The Balaban J connectivity index is 1.69. The number of thioether (sulfide) groups is 1. The monoisotopic (exact) mass is 513 g/mol. The number of nitriles is 1. The standard InChI is InChI=1S/C28H20ClN3O3S/c1-17(26(33)31-20-12-13-24(29)22(14-20)28(34)35)36-27-23(16-30)21(18-8-4-2-5-9-18)15-25(32-27)19-10-6-3-7-11-19/h2-15,17H,1H3,(H,31,33)(H,34,35). The fourth-order valence-corrected chi connectivity index (χ4v) is 4.67. The molecular formula is C28H20ClN3O3S. The molecule has 1 unspecified atom stereocenters. The summed E-state index contributed by atoms with van der Waals surface area (Å²) in [5.74, 6) is -1.55. The molecule has 0 spiro atoms. The Morgan fingerprint density at radius 1 is 1.00 bits per heavy atom. The fraction of sp³-hybridized carbons (Fsp3) is 0.0714. The van der Waals surface area contributed by atoms with E-state index in [2.05, 4.69) is 11.4 Å². The van der Waals surface area contributed by atoms with Crippen LogP contribution in [0.2, 0.25) is 5.02 Å². The highest BCUT2D eigenvalue weighted by Crippen LogP contribution is 2.36. The molecule has 2 N–H and O–H groups in total. The Morgan fingerprint density at radius 3 is 2.25 bits per heavy atom. The molecule has 1 amide bonds. The molecule has 0 saturated carbocycles. The number of nitrogens with one attached hydrogen (secondary N) is 1. The van der Waals surface area contributed by atoms with Crippen molar-refractivity contribution in [3.8, 4) is 28.5 Å². The molecule has 36 heavy (non-hydrogen) atoms. The third kappa shape index (κ3) is 5.57. The van der Waals surface area contributed by atoms with E-state index in [1.807, 2.05) is 66.7 Å². The second kappa shape index (κ2) is 11.1. The minimum atomic E-state index is -1.19. The molecular weight excluding hydrogens is 494 g/mol. The number of hydrogen-bond donors (Lipinski definition) is 2. The smallest absolute Gasteiger partial charge is 0.337 e. The van der Waals surface area contributed by atoms with Gasteiger partial charge in [-0.1, -0.05) is 84.0 Å². The molecule has 178 valence electrons. The van der Waals surface area contributed by atoms with Gasteiger partial charge in [-0.05, 0) is 36.8 Å². The first-order chi connectivity index (χ1) is 17.4. The van der Waals surface area contributed by atoms with Crippen LogP contribution in [0.4, 0.5) is 5.69 Å². The second-order valence-electron chi connectivity index (χ2n) is 7.83. The average molecular weight is 514 g/mol. The second-order valence-corrected chi connectivity index (χ2v) is 9.56. The van der Waals surface area contributed by atoms with Crippen LogP contribution in [0.3, 0.4) is 0 Å². The lowest BCUT2D eigenvalue weighted by atomic mass is 9.99. The minimum Gasteiger partial charge on any atom is -0.478 e. The van der Waals surface area contributed by atoms with Crippen LogP contribution in [-0.2, 0) is 4.79 Å². The molecule has 0 saturated heterocycles. The van der Waals surface area contributed by atoms with Crippen LogP contribution in [-0.4, -0.2) is 27.2 Å². The van der Waals surface area contributed by atoms with E-state index < -0.39 is 11.2 Å². The maximum atomic E-state index is 13.0. The van der Waals surface area contributed by atoms with Crippen molar-refractivity contribution in [2.45, 2.75) is 17.2 Å². The Labute approximate surface area is 217 Å². The van der Waals surface area contributed by atoms with Gasteiger partial charge < -0.3 is 10.4 Å². The highest BCUT2D eigenvalue weighted by Gasteiger charge is 2.22. The summed E-state index contributed by atoms with van der Waals surface area (Å²) in [4.78, 5) is 29.1. The summed E-state index contributed by atoms with van der Waals surface area (Å²) in [5, 5.41) is 21.9. The van der Waals surface area contributed by atoms with Gasteiger partial charge in [-0.15, -0.1) is 0 Å². The van der Waals surface area contributed by atoms with Crippen molar-refractivity contribution in [2.75, 3.05) is 5.32 Å². The maximum Gasteiger partial charge on any atom is 0.337 e. The Hall–Kier alpha value is -4.12. The summed E-state index contributed by atoms with van der Waals surface area (Å²) in [6.45, 7) is 1.70. The van der Waals surface area contributed by atoms with Gasteiger partial charge in [0.2, 0.25) is 5.91 Å². The predicted octanol–water partition coefficient (Wildman–Crippen LogP) is 6.76. The largest absolute Gasteiger partial charge is 0.478 e. The molecule has 6 nitrogen and oxygen atoms in total. The molecule has 4 rings (SSSR count). The molecule has 0 bridgehead atoms. The summed E-state index contributed by atoms with van der Waals surface area (Å²) in [5.41, 5.74) is 3.76. The number of carbonyl (C=O) groups excluding carboxylic acids is 1. The molecule has 1 atom stereocenters. The fourth-order valence-electron chi connectivity index (χ4n) is 3.55. The highest BCUT2D eigenvalue weighted by molar-refractivity contribution is 8.00. The molecule has 0 fully saturated rings. The van der Waals surface area contributed by atoms with Crippen LogP contribution < -0.4 is 5.32 Å². The summed E-state index contributed by atoms with van der Waals surface area (Å²) in [6, 6.07) is 27.6. The van der Waals surface area contributed by atoms with E-state index in [9.17, 15) is 20.0 Å². The van der Waals surface area contributed by atoms with Crippen LogP contribution in [0.25, 0.3) is 22.4 Å². The van der Waals surface area contributed by atoms with Crippen molar-refractivity contribution in [2.24, 2.45) is 0 Å². The van der Waals surface area contributed by atoms with E-state index in [4.69, 9.17) is 16.6 Å². The summed E-state index contributed by atoms with van der Waals surface area (Å²) in [6.07, 6.45) is 0. The third-order valence-corrected chi connectivity index (χ3v) is 6.79. The lowest BCUT2D eigenvalue weighted by Gasteiger charge is -2.16. The SMILES string of the molecule is CC(Sc1nc(-c2ccccc2)cc(-c2ccccc2)c1C#N)C(=O)Nc1ccc(Cl)c(C(=O)O)c1. The lowest BCUT2D eigenvalue weighted by molar-refractivity contribution is -0.115. The highest BCUT2D eigenvalue weighted by atomic mass is 35.5. The van der Waals surface area contributed by atoms with E-state index in [0.29, 0.717) is 22.0 Å². The van der Waals surface area contributed by atoms with E-state index in [1.54, 1.807) is 6.92 Å². The molecule has 1 aromatic heterocycles. The van der Waals surface area contributed by atoms with Crippen LogP contribution in [0, 0.1) is 11.3 Å². The molecule has 8 heteroatoms. The number of carboxylic acid groups (broad SMARTS) is 1. The maximum absolute atomic E-state index is 13.0. The summed E-state index contributed by atoms with van der Waals surface area (Å²) >= 11 is 7.09. The number of pyridine rings is 1. The summed E-state index contributed by atoms with van der Waals surface area (Å²) < 4.78 is 0. The zero-order valence-electron chi connectivity index (χ0n) is 19.1. The molecule has 0 aliphatic carbocycles. The lowest BCUT2D eigenvalue weighted by Crippen LogP contribution is -2.23. The number of anilines is 1. The number of carboxylic acids is 1.